The Hall–Kier alpha value is -2.41. The molecule has 1 aromatic heterocycles. The molecule has 0 unspecified atom stereocenters. The van der Waals surface area contributed by atoms with Crippen LogP contribution in [0.5, 0.6) is 0 Å². The summed E-state index contributed by atoms with van der Waals surface area (Å²) in [4.78, 5) is 19.6. The molecule has 0 spiro atoms. The van der Waals surface area contributed by atoms with E-state index in [1.807, 2.05) is 19.0 Å². The molecule has 2 N–H and O–H groups in total. The van der Waals surface area contributed by atoms with Crippen molar-refractivity contribution in [2.45, 2.75) is 20.4 Å². The average Bonchev–Trinajstić information content (AvgIpc) is 2.58. The Morgan fingerprint density at radius 2 is 1.76 bits per heavy atom. The number of piperazine rings is 1. The maximum absolute atomic E-state index is 5.82. The van der Waals surface area contributed by atoms with Crippen LogP contribution >= 0.6 is 0 Å². The molecule has 3 rings (SSSR count). The fourth-order valence-electron chi connectivity index (χ4n) is 3.12. The highest BCUT2D eigenvalue weighted by molar-refractivity contribution is 5.56. The van der Waals surface area contributed by atoms with Gasteiger partial charge in [0.05, 0.1) is 6.54 Å². The Morgan fingerprint density at radius 3 is 2.44 bits per heavy atom. The Morgan fingerprint density at radius 1 is 1.04 bits per heavy atom. The molecule has 134 valence electrons. The number of rotatable bonds is 4. The van der Waals surface area contributed by atoms with Crippen molar-refractivity contribution >= 4 is 17.6 Å². The van der Waals surface area contributed by atoms with Crippen LogP contribution in [-0.4, -0.2) is 60.1 Å². The van der Waals surface area contributed by atoms with Crippen LogP contribution in [0.4, 0.5) is 17.6 Å². The number of nitrogens with zero attached hydrogens (tertiary/aromatic N) is 6. The molecule has 0 amide bonds. The van der Waals surface area contributed by atoms with Gasteiger partial charge in [-0.05, 0) is 31.0 Å². The molecule has 7 nitrogen and oxygen atoms in total. The van der Waals surface area contributed by atoms with E-state index in [0.717, 1.165) is 32.0 Å². The predicted molar refractivity (Wildman–Crippen MR) is 102 cm³/mol. The van der Waals surface area contributed by atoms with Gasteiger partial charge in [0.25, 0.3) is 0 Å². The summed E-state index contributed by atoms with van der Waals surface area (Å²) in [5, 5.41) is 0. The molecule has 0 radical (unpaired) electrons. The SMILES string of the molecule is Cc1cccc(N2CCN(Cc3nc(N)nc(N(C)C)n3)CC2)c1C. The molecule has 1 saturated heterocycles. The molecule has 0 aliphatic carbocycles. The van der Waals surface area contributed by atoms with Crippen molar-refractivity contribution in [2.75, 3.05) is 55.8 Å². The Bertz CT molecular complexity index is 736. The molecule has 2 aromatic rings. The lowest BCUT2D eigenvalue weighted by molar-refractivity contribution is 0.244. The number of benzene rings is 1. The van der Waals surface area contributed by atoms with E-state index in [9.17, 15) is 0 Å². The zero-order chi connectivity index (χ0) is 18.0. The quantitative estimate of drug-likeness (QED) is 0.902. The lowest BCUT2D eigenvalue weighted by atomic mass is 10.1. The smallest absolute Gasteiger partial charge is 0.229 e. The normalized spacial score (nSPS) is 15.4. The lowest BCUT2D eigenvalue weighted by Gasteiger charge is -2.36. The fourth-order valence-corrected chi connectivity index (χ4v) is 3.12. The van der Waals surface area contributed by atoms with Gasteiger partial charge in [-0.3, -0.25) is 4.90 Å². The van der Waals surface area contributed by atoms with Crippen LogP contribution in [0.1, 0.15) is 17.0 Å². The summed E-state index contributed by atoms with van der Waals surface area (Å²) in [6.45, 7) is 9.05. The summed E-state index contributed by atoms with van der Waals surface area (Å²) in [5.74, 6) is 1.62. The molecule has 1 fully saturated rings. The Kier molecular flexibility index (Phi) is 5.03. The first-order chi connectivity index (χ1) is 11.9. The maximum Gasteiger partial charge on any atom is 0.229 e. The highest BCUT2D eigenvalue weighted by Gasteiger charge is 2.20. The van der Waals surface area contributed by atoms with E-state index >= 15 is 0 Å². The molecule has 1 aliphatic heterocycles. The standard InChI is InChI=1S/C18H27N7/c1-13-6-5-7-15(14(13)2)25-10-8-24(9-11-25)12-16-20-17(19)22-18(21-16)23(3)4/h5-7H,8-12H2,1-4H3,(H2,19,20,21,22). The van der Waals surface area contributed by atoms with E-state index in [1.165, 1.54) is 16.8 Å². The van der Waals surface area contributed by atoms with Crippen molar-refractivity contribution in [1.82, 2.24) is 19.9 Å². The number of aryl methyl sites for hydroxylation is 1. The largest absolute Gasteiger partial charge is 0.369 e. The monoisotopic (exact) mass is 341 g/mol. The third-order valence-corrected chi connectivity index (χ3v) is 4.74. The minimum atomic E-state index is 0.280. The van der Waals surface area contributed by atoms with Gasteiger partial charge in [0.1, 0.15) is 5.82 Å². The second kappa shape index (κ2) is 7.23. The predicted octanol–water partition coefficient (Wildman–Crippen LogP) is 1.46. The van der Waals surface area contributed by atoms with Gasteiger partial charge >= 0.3 is 0 Å². The van der Waals surface area contributed by atoms with Gasteiger partial charge in [0, 0.05) is 46.0 Å². The van der Waals surface area contributed by atoms with Crippen molar-refractivity contribution in [2.24, 2.45) is 0 Å². The molecule has 25 heavy (non-hydrogen) atoms. The van der Waals surface area contributed by atoms with Crippen molar-refractivity contribution in [3.05, 3.63) is 35.2 Å². The van der Waals surface area contributed by atoms with Crippen molar-refractivity contribution in [3.63, 3.8) is 0 Å². The number of anilines is 3. The van der Waals surface area contributed by atoms with Crippen molar-refractivity contribution < 1.29 is 0 Å². The van der Waals surface area contributed by atoms with E-state index in [4.69, 9.17) is 5.73 Å². The van der Waals surface area contributed by atoms with Gasteiger partial charge in [-0.25, -0.2) is 0 Å². The molecular weight excluding hydrogens is 314 g/mol. The number of aromatic nitrogens is 3. The summed E-state index contributed by atoms with van der Waals surface area (Å²) in [7, 11) is 3.81. The molecule has 0 saturated carbocycles. The Balaban J connectivity index is 1.64. The highest BCUT2D eigenvalue weighted by Crippen LogP contribution is 2.24. The maximum atomic E-state index is 5.82. The van der Waals surface area contributed by atoms with E-state index in [1.54, 1.807) is 0 Å². The van der Waals surface area contributed by atoms with Crippen LogP contribution in [-0.2, 0) is 6.54 Å². The minimum absolute atomic E-state index is 0.280. The second-order valence-corrected chi connectivity index (χ2v) is 6.79. The molecular formula is C18H27N7. The zero-order valence-electron chi connectivity index (χ0n) is 15.5. The fraction of sp³-hybridized carbons (Fsp3) is 0.500. The van der Waals surface area contributed by atoms with Gasteiger partial charge < -0.3 is 15.5 Å². The van der Waals surface area contributed by atoms with Crippen LogP contribution in [0.2, 0.25) is 0 Å². The first-order valence-corrected chi connectivity index (χ1v) is 8.65. The summed E-state index contributed by atoms with van der Waals surface area (Å²) in [6.07, 6.45) is 0. The lowest BCUT2D eigenvalue weighted by Crippen LogP contribution is -2.46. The molecule has 1 aliphatic rings. The third-order valence-electron chi connectivity index (χ3n) is 4.74. The molecule has 2 heterocycles. The van der Waals surface area contributed by atoms with Gasteiger partial charge in [-0.15, -0.1) is 0 Å². The van der Waals surface area contributed by atoms with Crippen LogP contribution in [0, 0.1) is 13.8 Å². The van der Waals surface area contributed by atoms with Crippen LogP contribution in [0.3, 0.4) is 0 Å². The second-order valence-electron chi connectivity index (χ2n) is 6.79. The Labute approximate surface area is 149 Å². The van der Waals surface area contributed by atoms with Crippen LogP contribution in [0.15, 0.2) is 18.2 Å². The first-order valence-electron chi connectivity index (χ1n) is 8.65. The van der Waals surface area contributed by atoms with Gasteiger partial charge in [0.2, 0.25) is 11.9 Å². The minimum Gasteiger partial charge on any atom is -0.369 e. The van der Waals surface area contributed by atoms with E-state index in [0.29, 0.717) is 12.5 Å². The number of nitrogens with two attached hydrogens (primary N) is 1. The number of nitrogen functional groups attached to an aromatic ring is 1. The van der Waals surface area contributed by atoms with E-state index in [2.05, 4.69) is 56.8 Å². The summed E-state index contributed by atoms with van der Waals surface area (Å²) < 4.78 is 0. The average molecular weight is 341 g/mol. The molecule has 7 heteroatoms. The summed E-state index contributed by atoms with van der Waals surface area (Å²) in [5.41, 5.74) is 9.88. The van der Waals surface area contributed by atoms with Crippen LogP contribution < -0.4 is 15.5 Å². The van der Waals surface area contributed by atoms with Gasteiger partial charge in [-0.2, -0.15) is 15.0 Å². The first kappa shape index (κ1) is 17.4. The third kappa shape index (κ3) is 3.99. The summed E-state index contributed by atoms with van der Waals surface area (Å²) in [6, 6.07) is 6.52. The highest BCUT2D eigenvalue weighted by atomic mass is 15.3. The van der Waals surface area contributed by atoms with E-state index in [-0.39, 0.29) is 5.95 Å². The van der Waals surface area contributed by atoms with Crippen LogP contribution in [0.25, 0.3) is 0 Å². The molecule has 0 bridgehead atoms. The van der Waals surface area contributed by atoms with Gasteiger partial charge in [-0.1, -0.05) is 12.1 Å². The molecule has 0 atom stereocenters. The number of hydrogen-bond donors (Lipinski definition) is 1. The zero-order valence-corrected chi connectivity index (χ0v) is 15.5. The van der Waals surface area contributed by atoms with Crippen molar-refractivity contribution in [1.29, 1.82) is 0 Å². The topological polar surface area (TPSA) is 74.4 Å². The van der Waals surface area contributed by atoms with Crippen molar-refractivity contribution in [3.8, 4) is 0 Å². The number of hydrogen-bond acceptors (Lipinski definition) is 7. The van der Waals surface area contributed by atoms with Gasteiger partial charge in [0.15, 0.2) is 0 Å². The molecule has 1 aromatic carbocycles. The van der Waals surface area contributed by atoms with E-state index < -0.39 is 0 Å². The summed E-state index contributed by atoms with van der Waals surface area (Å²) >= 11 is 0.